The van der Waals surface area contributed by atoms with Crippen molar-refractivity contribution in [2.75, 3.05) is 0 Å². The van der Waals surface area contributed by atoms with Gasteiger partial charge in [-0.25, -0.2) is 9.97 Å². The van der Waals surface area contributed by atoms with Crippen molar-refractivity contribution in [1.82, 2.24) is 14.5 Å². The van der Waals surface area contributed by atoms with Crippen LogP contribution < -0.4 is 0 Å². The first-order chi connectivity index (χ1) is 26.0. The lowest BCUT2D eigenvalue weighted by Crippen LogP contribution is -2.16. The monoisotopic (exact) mass is 677 g/mol. The summed E-state index contributed by atoms with van der Waals surface area (Å²) in [6, 6.07) is 54.5. The fourth-order valence-electron chi connectivity index (χ4n) is 9.21. The molecule has 0 radical (unpaired) electrons. The summed E-state index contributed by atoms with van der Waals surface area (Å²) in [5, 5.41) is 5.35. The molecular formula is C50H35N3. The first-order valence-electron chi connectivity index (χ1n) is 18.5. The SMILES string of the molecule is CC1(C)c2ccccc2-c2cc3c4c(c5c(cc4c21)c1ccccc1n5-c1ccc(-c2nc(-c4ccccc4)cc(-c4ccccc4)n2)cc1)CC=C3. The molecular weight excluding hydrogens is 643 g/mol. The minimum atomic E-state index is -0.0922. The van der Waals surface area contributed by atoms with E-state index in [0.29, 0.717) is 5.82 Å². The minimum Gasteiger partial charge on any atom is -0.309 e. The zero-order valence-corrected chi connectivity index (χ0v) is 29.6. The van der Waals surface area contributed by atoms with Gasteiger partial charge in [0.2, 0.25) is 0 Å². The number of fused-ring (bicyclic) bond motifs is 8. The van der Waals surface area contributed by atoms with E-state index in [-0.39, 0.29) is 5.41 Å². The maximum atomic E-state index is 5.10. The van der Waals surface area contributed by atoms with Crippen molar-refractivity contribution < 1.29 is 0 Å². The van der Waals surface area contributed by atoms with E-state index >= 15 is 0 Å². The molecule has 53 heavy (non-hydrogen) atoms. The Morgan fingerprint density at radius 3 is 1.96 bits per heavy atom. The van der Waals surface area contributed by atoms with Gasteiger partial charge in [-0.15, -0.1) is 0 Å². The number of aromatic nitrogens is 3. The molecule has 11 rings (SSSR count). The van der Waals surface area contributed by atoms with Crippen LogP contribution in [0.15, 0.2) is 158 Å². The molecule has 250 valence electrons. The third-order valence-corrected chi connectivity index (χ3v) is 11.6. The van der Waals surface area contributed by atoms with Crippen molar-refractivity contribution >= 4 is 38.7 Å². The highest BCUT2D eigenvalue weighted by molar-refractivity contribution is 6.19. The predicted molar refractivity (Wildman–Crippen MR) is 220 cm³/mol. The lowest BCUT2D eigenvalue weighted by molar-refractivity contribution is 0.666. The largest absolute Gasteiger partial charge is 0.309 e. The van der Waals surface area contributed by atoms with E-state index in [2.05, 4.69) is 170 Å². The second-order valence-corrected chi connectivity index (χ2v) is 14.9. The summed E-state index contributed by atoms with van der Waals surface area (Å²) in [7, 11) is 0. The van der Waals surface area contributed by atoms with Crippen LogP contribution in [0.5, 0.6) is 0 Å². The Kier molecular flexibility index (Phi) is 6.36. The number of allylic oxidation sites excluding steroid dienone is 1. The summed E-state index contributed by atoms with van der Waals surface area (Å²) in [5.41, 5.74) is 16.8. The van der Waals surface area contributed by atoms with Crippen molar-refractivity contribution in [2.24, 2.45) is 0 Å². The molecule has 9 aromatic rings. The Morgan fingerprint density at radius 2 is 1.23 bits per heavy atom. The molecule has 2 aliphatic carbocycles. The van der Waals surface area contributed by atoms with Gasteiger partial charge in [-0.1, -0.05) is 129 Å². The number of hydrogen-bond donors (Lipinski definition) is 0. The highest BCUT2D eigenvalue weighted by atomic mass is 15.0. The molecule has 0 spiro atoms. The number of nitrogens with zero attached hydrogens (tertiary/aromatic N) is 3. The lowest BCUT2D eigenvalue weighted by atomic mass is 9.78. The summed E-state index contributed by atoms with van der Waals surface area (Å²) in [5.74, 6) is 0.715. The average Bonchev–Trinajstić information content (AvgIpc) is 3.67. The Morgan fingerprint density at radius 1 is 0.566 bits per heavy atom. The zero-order chi connectivity index (χ0) is 35.3. The van der Waals surface area contributed by atoms with Crippen LogP contribution in [-0.4, -0.2) is 14.5 Å². The van der Waals surface area contributed by atoms with Gasteiger partial charge in [-0.3, -0.25) is 0 Å². The van der Waals surface area contributed by atoms with Gasteiger partial charge in [-0.05, 0) is 99.1 Å². The lowest BCUT2D eigenvalue weighted by Gasteiger charge is -2.26. The van der Waals surface area contributed by atoms with Crippen molar-refractivity contribution in [1.29, 1.82) is 0 Å². The van der Waals surface area contributed by atoms with Crippen LogP contribution >= 0.6 is 0 Å². The quantitative estimate of drug-likeness (QED) is 0.186. The topological polar surface area (TPSA) is 30.7 Å². The first kappa shape index (κ1) is 30.1. The molecule has 0 bridgehead atoms. The smallest absolute Gasteiger partial charge is 0.160 e. The van der Waals surface area contributed by atoms with Crippen LogP contribution in [0.2, 0.25) is 0 Å². The molecule has 0 amide bonds. The van der Waals surface area contributed by atoms with Crippen molar-refractivity contribution in [3.63, 3.8) is 0 Å². The summed E-state index contributed by atoms with van der Waals surface area (Å²) in [4.78, 5) is 10.2. The Bertz CT molecular complexity index is 2910. The second-order valence-electron chi connectivity index (χ2n) is 14.9. The average molecular weight is 678 g/mol. The molecule has 0 aliphatic heterocycles. The van der Waals surface area contributed by atoms with Crippen LogP contribution in [0.3, 0.4) is 0 Å². The molecule has 0 fully saturated rings. The van der Waals surface area contributed by atoms with Crippen LogP contribution in [0, 0.1) is 0 Å². The van der Waals surface area contributed by atoms with Gasteiger partial charge in [-0.2, -0.15) is 0 Å². The minimum absolute atomic E-state index is 0.0922. The Balaban J connectivity index is 1.12. The van der Waals surface area contributed by atoms with E-state index in [9.17, 15) is 0 Å². The fourth-order valence-corrected chi connectivity index (χ4v) is 9.21. The zero-order valence-electron chi connectivity index (χ0n) is 29.6. The molecule has 3 nitrogen and oxygen atoms in total. The maximum Gasteiger partial charge on any atom is 0.160 e. The number of hydrogen-bond acceptors (Lipinski definition) is 2. The molecule has 0 atom stereocenters. The third kappa shape index (κ3) is 4.41. The van der Waals surface area contributed by atoms with E-state index in [0.717, 1.165) is 40.2 Å². The van der Waals surface area contributed by atoms with Gasteiger partial charge in [0.1, 0.15) is 0 Å². The van der Waals surface area contributed by atoms with Crippen LogP contribution in [0.25, 0.3) is 89.4 Å². The van der Waals surface area contributed by atoms with E-state index in [4.69, 9.17) is 9.97 Å². The predicted octanol–water partition coefficient (Wildman–Crippen LogP) is 12.6. The normalized spacial score (nSPS) is 13.8. The maximum absolute atomic E-state index is 5.10. The highest BCUT2D eigenvalue weighted by Crippen LogP contribution is 2.54. The molecule has 0 N–H and O–H groups in total. The van der Waals surface area contributed by atoms with Gasteiger partial charge >= 0.3 is 0 Å². The van der Waals surface area contributed by atoms with Gasteiger partial charge in [0.15, 0.2) is 5.82 Å². The van der Waals surface area contributed by atoms with Gasteiger partial charge < -0.3 is 4.57 Å². The molecule has 2 aliphatic rings. The van der Waals surface area contributed by atoms with Crippen molar-refractivity contribution in [3.05, 3.63) is 180 Å². The molecule has 0 saturated heterocycles. The van der Waals surface area contributed by atoms with Gasteiger partial charge in [0.25, 0.3) is 0 Å². The van der Waals surface area contributed by atoms with E-state index in [1.807, 2.05) is 12.1 Å². The standard InChI is InChI=1S/C50H35N3/c1-50(2)42-22-11-9-19-36(42)39-28-34-18-13-21-38-46(34)41(47(39)50)29-40-37-20-10-12-23-45(37)53(48(38)40)35-26-24-33(25-27-35)49-51-43(31-14-5-3-6-15-31)30-44(52-49)32-16-7-4-8-17-32/h3-20,22-30H,21H2,1-2H3. The van der Waals surface area contributed by atoms with Crippen LogP contribution in [0.4, 0.5) is 0 Å². The fraction of sp³-hybridized carbons (Fsp3) is 0.0800. The van der Waals surface area contributed by atoms with Crippen molar-refractivity contribution in [3.8, 4) is 50.7 Å². The molecule has 7 aromatic carbocycles. The van der Waals surface area contributed by atoms with E-state index in [1.54, 1.807) is 0 Å². The Hall–Kier alpha value is -6.58. The van der Waals surface area contributed by atoms with Gasteiger partial charge in [0.05, 0.1) is 22.4 Å². The highest BCUT2D eigenvalue weighted by Gasteiger charge is 2.38. The Labute approximate surface area is 308 Å². The van der Waals surface area contributed by atoms with Crippen LogP contribution in [-0.2, 0) is 11.8 Å². The molecule has 0 unspecified atom stereocenters. The first-order valence-corrected chi connectivity index (χ1v) is 18.5. The summed E-state index contributed by atoms with van der Waals surface area (Å²) in [6.07, 6.45) is 5.58. The summed E-state index contributed by atoms with van der Waals surface area (Å²) < 4.78 is 2.48. The second kappa shape index (κ2) is 11.2. The number of para-hydroxylation sites is 1. The van der Waals surface area contributed by atoms with E-state index < -0.39 is 0 Å². The summed E-state index contributed by atoms with van der Waals surface area (Å²) >= 11 is 0. The van der Waals surface area contributed by atoms with Gasteiger partial charge in [0, 0.05) is 38.6 Å². The van der Waals surface area contributed by atoms with E-state index in [1.165, 1.54) is 66.0 Å². The molecule has 0 saturated carbocycles. The molecule has 3 heteroatoms. The van der Waals surface area contributed by atoms with Crippen molar-refractivity contribution in [2.45, 2.75) is 25.7 Å². The number of benzene rings is 7. The summed E-state index contributed by atoms with van der Waals surface area (Å²) in [6.45, 7) is 4.80. The third-order valence-electron chi connectivity index (χ3n) is 11.6. The van der Waals surface area contributed by atoms with Crippen LogP contribution in [0.1, 0.15) is 36.1 Å². The molecule has 2 aromatic heterocycles. The number of rotatable bonds is 4. The molecule has 2 heterocycles.